The fourth-order valence-corrected chi connectivity index (χ4v) is 3.56. The molecule has 30 heavy (non-hydrogen) atoms. The molecule has 0 aliphatic carbocycles. The Morgan fingerprint density at radius 3 is 2.77 bits per heavy atom. The van der Waals surface area contributed by atoms with E-state index in [4.69, 9.17) is 4.74 Å². The van der Waals surface area contributed by atoms with Crippen molar-refractivity contribution in [2.45, 2.75) is 6.54 Å². The Morgan fingerprint density at radius 2 is 1.97 bits per heavy atom. The minimum atomic E-state index is -0.492. The number of nitrogens with one attached hydrogen (secondary N) is 1. The minimum Gasteiger partial charge on any atom is -0.379 e. The molecule has 0 spiro atoms. The van der Waals surface area contributed by atoms with Gasteiger partial charge in [0, 0.05) is 43.3 Å². The standard InChI is InChI=1S/C22H23FN4O3/c23-19-6-2-1-4-17(19)15-27-20-16(5-3-7-24-20)14-18(22(27)29)21(28)25-8-9-26-10-12-30-13-11-26/h1-7,14H,8-13,15H2,(H,25,28). The number of fused-ring (bicyclic) bond motifs is 1. The number of hydrogen-bond donors (Lipinski definition) is 1. The van der Waals surface area contributed by atoms with Gasteiger partial charge in [-0.05, 0) is 24.3 Å². The van der Waals surface area contributed by atoms with Gasteiger partial charge in [0.25, 0.3) is 11.5 Å². The van der Waals surface area contributed by atoms with Crippen molar-refractivity contribution in [3.63, 3.8) is 0 Å². The van der Waals surface area contributed by atoms with Crippen LogP contribution in [0.4, 0.5) is 4.39 Å². The highest BCUT2D eigenvalue weighted by molar-refractivity contribution is 5.96. The van der Waals surface area contributed by atoms with E-state index in [2.05, 4.69) is 15.2 Å². The molecule has 1 saturated heterocycles. The van der Waals surface area contributed by atoms with E-state index in [0.717, 1.165) is 13.1 Å². The molecule has 7 nitrogen and oxygen atoms in total. The van der Waals surface area contributed by atoms with Gasteiger partial charge in [0.15, 0.2) is 0 Å². The molecule has 3 heterocycles. The SMILES string of the molecule is O=C(NCCN1CCOCC1)c1cc2cccnc2n(Cc2ccccc2F)c1=O. The second kappa shape index (κ2) is 9.15. The van der Waals surface area contributed by atoms with E-state index in [1.165, 1.54) is 10.6 Å². The summed E-state index contributed by atoms with van der Waals surface area (Å²) >= 11 is 0. The first-order valence-electron chi connectivity index (χ1n) is 9.94. The van der Waals surface area contributed by atoms with Crippen molar-refractivity contribution < 1.29 is 13.9 Å². The Morgan fingerprint density at radius 1 is 1.17 bits per heavy atom. The first kappa shape index (κ1) is 20.2. The van der Waals surface area contributed by atoms with Crippen LogP contribution in [0.1, 0.15) is 15.9 Å². The second-order valence-corrected chi connectivity index (χ2v) is 7.17. The summed E-state index contributed by atoms with van der Waals surface area (Å²) in [6, 6.07) is 11.3. The Hall–Kier alpha value is -3.10. The van der Waals surface area contributed by atoms with E-state index in [-0.39, 0.29) is 12.1 Å². The summed E-state index contributed by atoms with van der Waals surface area (Å²) in [7, 11) is 0. The molecule has 0 unspecified atom stereocenters. The summed E-state index contributed by atoms with van der Waals surface area (Å²) in [5.41, 5.74) is 0.300. The van der Waals surface area contributed by atoms with Gasteiger partial charge in [-0.15, -0.1) is 0 Å². The van der Waals surface area contributed by atoms with E-state index in [9.17, 15) is 14.0 Å². The molecular formula is C22H23FN4O3. The number of pyridine rings is 2. The first-order chi connectivity index (χ1) is 14.6. The average molecular weight is 410 g/mol. The van der Waals surface area contributed by atoms with Crippen molar-refractivity contribution in [3.8, 4) is 0 Å². The Balaban J connectivity index is 1.60. The van der Waals surface area contributed by atoms with Crippen LogP contribution in [-0.2, 0) is 11.3 Å². The summed E-state index contributed by atoms with van der Waals surface area (Å²) in [6.45, 7) is 4.14. The molecule has 4 rings (SSSR count). The number of ether oxygens (including phenoxy) is 1. The first-order valence-corrected chi connectivity index (χ1v) is 9.94. The number of carbonyl (C=O) groups is 1. The molecular weight excluding hydrogens is 387 g/mol. The number of rotatable bonds is 6. The van der Waals surface area contributed by atoms with Gasteiger partial charge in [0.2, 0.25) is 0 Å². The van der Waals surface area contributed by atoms with E-state index in [1.54, 1.807) is 42.6 Å². The van der Waals surface area contributed by atoms with Crippen LogP contribution >= 0.6 is 0 Å². The quantitative estimate of drug-likeness (QED) is 0.669. The van der Waals surface area contributed by atoms with Gasteiger partial charge in [-0.2, -0.15) is 0 Å². The molecule has 0 atom stereocenters. The second-order valence-electron chi connectivity index (χ2n) is 7.17. The van der Waals surface area contributed by atoms with Crippen LogP contribution in [0, 0.1) is 5.82 Å². The molecule has 0 radical (unpaired) electrons. The molecule has 156 valence electrons. The largest absolute Gasteiger partial charge is 0.379 e. The van der Waals surface area contributed by atoms with Crippen molar-refractivity contribution in [2.24, 2.45) is 0 Å². The molecule has 1 amide bonds. The molecule has 1 N–H and O–H groups in total. The maximum Gasteiger partial charge on any atom is 0.265 e. The number of benzene rings is 1. The zero-order chi connectivity index (χ0) is 20.9. The zero-order valence-corrected chi connectivity index (χ0v) is 16.5. The third-order valence-corrected chi connectivity index (χ3v) is 5.20. The van der Waals surface area contributed by atoms with Gasteiger partial charge < -0.3 is 10.1 Å². The van der Waals surface area contributed by atoms with Crippen LogP contribution in [-0.4, -0.2) is 59.8 Å². The maximum atomic E-state index is 14.2. The normalized spacial score (nSPS) is 14.7. The lowest BCUT2D eigenvalue weighted by atomic mass is 10.1. The van der Waals surface area contributed by atoms with Crippen molar-refractivity contribution in [2.75, 3.05) is 39.4 Å². The van der Waals surface area contributed by atoms with Crippen molar-refractivity contribution >= 4 is 16.9 Å². The third kappa shape index (κ3) is 4.39. The number of aromatic nitrogens is 2. The predicted octanol–water partition coefficient (Wildman–Crippen LogP) is 1.65. The van der Waals surface area contributed by atoms with Gasteiger partial charge in [-0.25, -0.2) is 9.37 Å². The van der Waals surface area contributed by atoms with E-state index < -0.39 is 17.3 Å². The Labute approximate surface area is 173 Å². The summed E-state index contributed by atoms with van der Waals surface area (Å²) in [5, 5.41) is 3.47. The summed E-state index contributed by atoms with van der Waals surface area (Å²) in [6.07, 6.45) is 1.57. The fourth-order valence-electron chi connectivity index (χ4n) is 3.56. The molecule has 3 aromatic rings. The van der Waals surface area contributed by atoms with Gasteiger partial charge in [0.05, 0.1) is 19.8 Å². The Bertz CT molecular complexity index is 1110. The fraction of sp³-hybridized carbons (Fsp3) is 0.318. The highest BCUT2D eigenvalue weighted by Gasteiger charge is 2.18. The van der Waals surface area contributed by atoms with Crippen LogP contribution in [0.3, 0.4) is 0 Å². The maximum absolute atomic E-state index is 14.2. The topological polar surface area (TPSA) is 76.5 Å². The molecule has 1 aromatic carbocycles. The molecule has 0 bridgehead atoms. The number of nitrogens with zero attached hydrogens (tertiary/aromatic N) is 3. The van der Waals surface area contributed by atoms with Crippen LogP contribution in [0.5, 0.6) is 0 Å². The smallest absolute Gasteiger partial charge is 0.265 e. The lowest BCUT2D eigenvalue weighted by Crippen LogP contribution is -2.42. The number of hydrogen-bond acceptors (Lipinski definition) is 5. The van der Waals surface area contributed by atoms with Crippen LogP contribution in [0.15, 0.2) is 53.5 Å². The lowest BCUT2D eigenvalue weighted by molar-refractivity contribution is 0.0383. The van der Waals surface area contributed by atoms with E-state index in [0.29, 0.717) is 42.9 Å². The van der Waals surface area contributed by atoms with E-state index >= 15 is 0 Å². The lowest BCUT2D eigenvalue weighted by Gasteiger charge is -2.26. The van der Waals surface area contributed by atoms with Crippen LogP contribution in [0.25, 0.3) is 11.0 Å². The summed E-state index contributed by atoms with van der Waals surface area (Å²) < 4.78 is 20.9. The van der Waals surface area contributed by atoms with E-state index in [1.807, 2.05) is 0 Å². The van der Waals surface area contributed by atoms with Gasteiger partial charge >= 0.3 is 0 Å². The van der Waals surface area contributed by atoms with Gasteiger partial charge in [-0.1, -0.05) is 18.2 Å². The van der Waals surface area contributed by atoms with Crippen molar-refractivity contribution in [1.82, 2.24) is 19.8 Å². The number of morpholine rings is 1. The monoisotopic (exact) mass is 410 g/mol. The highest BCUT2D eigenvalue weighted by Crippen LogP contribution is 2.14. The number of carbonyl (C=O) groups excluding carboxylic acids is 1. The molecule has 0 saturated carbocycles. The molecule has 8 heteroatoms. The van der Waals surface area contributed by atoms with Crippen molar-refractivity contribution in [3.05, 3.63) is 76.0 Å². The third-order valence-electron chi connectivity index (χ3n) is 5.20. The predicted molar refractivity (Wildman–Crippen MR) is 111 cm³/mol. The molecule has 2 aromatic heterocycles. The minimum absolute atomic E-state index is 0.00603. The van der Waals surface area contributed by atoms with Crippen LogP contribution in [0.2, 0.25) is 0 Å². The van der Waals surface area contributed by atoms with Gasteiger partial charge in [-0.3, -0.25) is 19.1 Å². The molecule has 1 fully saturated rings. The van der Waals surface area contributed by atoms with Crippen molar-refractivity contribution in [1.29, 1.82) is 0 Å². The summed E-state index contributed by atoms with van der Waals surface area (Å²) in [5.74, 6) is -0.852. The zero-order valence-electron chi connectivity index (χ0n) is 16.5. The van der Waals surface area contributed by atoms with Crippen LogP contribution < -0.4 is 10.9 Å². The summed E-state index contributed by atoms with van der Waals surface area (Å²) in [4.78, 5) is 32.4. The molecule has 1 aliphatic rings. The molecule has 1 aliphatic heterocycles. The average Bonchev–Trinajstić information content (AvgIpc) is 2.77. The number of halogens is 1. The van der Waals surface area contributed by atoms with Gasteiger partial charge in [0.1, 0.15) is 17.0 Å². The Kier molecular flexibility index (Phi) is 6.15. The highest BCUT2D eigenvalue weighted by atomic mass is 19.1. The number of amides is 1.